The van der Waals surface area contributed by atoms with Crippen LogP contribution in [0.4, 0.5) is 5.69 Å². The fourth-order valence-electron chi connectivity index (χ4n) is 1.41. The molecule has 0 aliphatic rings. The van der Waals surface area contributed by atoms with Crippen LogP contribution >= 0.6 is 0 Å². The molecule has 20 heavy (non-hydrogen) atoms. The summed E-state index contributed by atoms with van der Waals surface area (Å²) >= 11 is 0. The molecule has 0 aliphatic carbocycles. The number of nitro groups is 1. The van der Waals surface area contributed by atoms with Crippen molar-refractivity contribution in [2.75, 3.05) is 13.7 Å². The highest BCUT2D eigenvalue weighted by Crippen LogP contribution is 2.07. The zero-order valence-corrected chi connectivity index (χ0v) is 10.7. The minimum atomic E-state index is -1.18. The molecule has 1 heterocycles. The fourth-order valence-corrected chi connectivity index (χ4v) is 1.41. The molecule has 10 heteroatoms. The molecule has 110 valence electrons. The van der Waals surface area contributed by atoms with Crippen LogP contribution in [-0.4, -0.2) is 51.4 Å². The third-order valence-electron chi connectivity index (χ3n) is 2.38. The molecule has 1 atom stereocenters. The first kappa shape index (κ1) is 15.6. The summed E-state index contributed by atoms with van der Waals surface area (Å²) in [5.74, 6) is -1.78. The normalized spacial score (nSPS) is 11.8. The highest BCUT2D eigenvalue weighted by molar-refractivity contribution is 5.83. The molecule has 1 aromatic heterocycles. The number of methoxy groups -OCH3 is 1. The summed E-state index contributed by atoms with van der Waals surface area (Å²) in [5.41, 5.74) is -0.244. The van der Waals surface area contributed by atoms with Crippen molar-refractivity contribution < 1.29 is 24.4 Å². The molecule has 1 amide bonds. The predicted octanol–water partition coefficient (Wildman–Crippen LogP) is -0.603. The Balaban J connectivity index is 2.56. The second-order valence-electron chi connectivity index (χ2n) is 3.89. The van der Waals surface area contributed by atoms with Gasteiger partial charge in [0, 0.05) is 20.1 Å². The number of amides is 1. The number of nitrogens with one attached hydrogen (secondary N) is 1. The first-order valence-corrected chi connectivity index (χ1v) is 5.62. The molecule has 10 nitrogen and oxygen atoms in total. The zero-order chi connectivity index (χ0) is 15.1. The smallest absolute Gasteiger partial charge is 0.326 e. The van der Waals surface area contributed by atoms with Gasteiger partial charge in [-0.25, -0.2) is 4.79 Å². The van der Waals surface area contributed by atoms with E-state index in [4.69, 9.17) is 9.84 Å². The zero-order valence-electron chi connectivity index (χ0n) is 10.7. The summed E-state index contributed by atoms with van der Waals surface area (Å²) in [5, 5.41) is 25.3. The van der Waals surface area contributed by atoms with Crippen molar-refractivity contribution in [2.24, 2.45) is 0 Å². The molecule has 0 aromatic carbocycles. The van der Waals surface area contributed by atoms with E-state index in [1.807, 2.05) is 0 Å². The van der Waals surface area contributed by atoms with Gasteiger partial charge in [-0.3, -0.25) is 19.6 Å². The number of carbonyl (C=O) groups excluding carboxylic acids is 1. The Bertz CT molecular complexity index is 500. The van der Waals surface area contributed by atoms with Gasteiger partial charge in [0.15, 0.2) is 0 Å². The third-order valence-corrected chi connectivity index (χ3v) is 2.38. The van der Waals surface area contributed by atoms with Crippen LogP contribution in [0.15, 0.2) is 12.4 Å². The first-order chi connectivity index (χ1) is 9.43. The van der Waals surface area contributed by atoms with Crippen LogP contribution in [0.1, 0.15) is 6.42 Å². The van der Waals surface area contributed by atoms with Crippen molar-refractivity contribution >= 4 is 17.6 Å². The number of carboxylic acids is 1. The van der Waals surface area contributed by atoms with Gasteiger partial charge in [0.25, 0.3) is 0 Å². The van der Waals surface area contributed by atoms with Gasteiger partial charge >= 0.3 is 11.7 Å². The SMILES string of the molecule is COCCC(NC(=O)Cn1cc([N+](=O)[O-])cn1)C(=O)O. The molecule has 0 fully saturated rings. The van der Waals surface area contributed by atoms with Crippen LogP contribution in [0, 0.1) is 10.1 Å². The number of ether oxygens (including phenoxy) is 1. The summed E-state index contributed by atoms with van der Waals surface area (Å²) in [6.07, 6.45) is 2.22. The van der Waals surface area contributed by atoms with E-state index < -0.39 is 22.8 Å². The van der Waals surface area contributed by atoms with E-state index in [9.17, 15) is 19.7 Å². The van der Waals surface area contributed by atoms with E-state index in [1.165, 1.54) is 7.11 Å². The number of rotatable bonds is 8. The van der Waals surface area contributed by atoms with E-state index in [0.717, 1.165) is 17.1 Å². The molecule has 0 bridgehead atoms. The van der Waals surface area contributed by atoms with Crippen molar-refractivity contribution in [3.63, 3.8) is 0 Å². The standard InChI is InChI=1S/C10H14N4O6/c1-20-3-2-8(10(16)17)12-9(15)6-13-5-7(4-11-13)14(18)19/h4-5,8H,2-3,6H2,1H3,(H,12,15)(H,16,17). The minimum Gasteiger partial charge on any atom is -0.480 e. The summed E-state index contributed by atoms with van der Waals surface area (Å²) in [6.45, 7) is -0.116. The molecular formula is C10H14N4O6. The van der Waals surface area contributed by atoms with E-state index in [-0.39, 0.29) is 25.3 Å². The van der Waals surface area contributed by atoms with Gasteiger partial charge in [0.2, 0.25) is 5.91 Å². The maximum atomic E-state index is 11.6. The number of aromatic nitrogens is 2. The highest BCUT2D eigenvalue weighted by atomic mass is 16.6. The number of aliphatic carboxylic acids is 1. The maximum absolute atomic E-state index is 11.6. The van der Waals surface area contributed by atoms with Gasteiger partial charge in [-0.1, -0.05) is 0 Å². The van der Waals surface area contributed by atoms with Gasteiger partial charge in [-0.15, -0.1) is 0 Å². The molecular weight excluding hydrogens is 272 g/mol. The Morgan fingerprint density at radius 3 is 2.85 bits per heavy atom. The van der Waals surface area contributed by atoms with Gasteiger partial charge in [0.05, 0.1) is 4.92 Å². The van der Waals surface area contributed by atoms with E-state index in [2.05, 4.69) is 10.4 Å². The molecule has 1 unspecified atom stereocenters. The van der Waals surface area contributed by atoms with Crippen molar-refractivity contribution in [1.82, 2.24) is 15.1 Å². The lowest BCUT2D eigenvalue weighted by molar-refractivity contribution is -0.385. The first-order valence-electron chi connectivity index (χ1n) is 5.62. The Morgan fingerprint density at radius 1 is 1.65 bits per heavy atom. The van der Waals surface area contributed by atoms with Crippen LogP contribution in [0.3, 0.4) is 0 Å². The maximum Gasteiger partial charge on any atom is 0.326 e. The summed E-state index contributed by atoms with van der Waals surface area (Å²) in [4.78, 5) is 32.3. The minimum absolute atomic E-state index is 0.122. The molecule has 1 aromatic rings. The van der Waals surface area contributed by atoms with Crippen LogP contribution < -0.4 is 5.32 Å². The molecule has 0 saturated carbocycles. The molecule has 0 spiro atoms. The Morgan fingerprint density at radius 2 is 2.35 bits per heavy atom. The largest absolute Gasteiger partial charge is 0.480 e. The Kier molecular flexibility index (Phi) is 5.59. The van der Waals surface area contributed by atoms with E-state index >= 15 is 0 Å². The monoisotopic (exact) mass is 286 g/mol. The van der Waals surface area contributed by atoms with Crippen molar-refractivity contribution in [3.05, 3.63) is 22.5 Å². The lowest BCUT2D eigenvalue weighted by Gasteiger charge is -2.13. The number of hydrogen-bond acceptors (Lipinski definition) is 6. The van der Waals surface area contributed by atoms with Crippen molar-refractivity contribution in [3.8, 4) is 0 Å². The number of hydrogen-bond donors (Lipinski definition) is 2. The van der Waals surface area contributed by atoms with Crippen LogP contribution in [0.2, 0.25) is 0 Å². The van der Waals surface area contributed by atoms with Gasteiger partial charge in [0.1, 0.15) is 25.0 Å². The quantitative estimate of drug-likeness (QED) is 0.480. The summed E-state index contributed by atoms with van der Waals surface area (Å²) < 4.78 is 5.80. The molecule has 2 N–H and O–H groups in total. The van der Waals surface area contributed by atoms with E-state index in [1.54, 1.807) is 0 Å². The van der Waals surface area contributed by atoms with Crippen molar-refractivity contribution in [1.29, 1.82) is 0 Å². The number of carboxylic acid groups (broad SMARTS) is 1. The highest BCUT2D eigenvalue weighted by Gasteiger charge is 2.20. The van der Waals surface area contributed by atoms with E-state index in [0.29, 0.717) is 0 Å². The molecule has 0 aliphatic heterocycles. The topological polar surface area (TPSA) is 137 Å². The predicted molar refractivity (Wildman–Crippen MR) is 64.9 cm³/mol. The Hall–Kier alpha value is -2.49. The molecule has 1 rings (SSSR count). The summed E-state index contributed by atoms with van der Waals surface area (Å²) in [6, 6.07) is -1.08. The average Bonchev–Trinajstić information content (AvgIpc) is 2.82. The Labute approximate surface area is 113 Å². The average molecular weight is 286 g/mol. The second-order valence-corrected chi connectivity index (χ2v) is 3.89. The lowest BCUT2D eigenvalue weighted by Crippen LogP contribution is -2.43. The van der Waals surface area contributed by atoms with Gasteiger partial charge in [-0.2, -0.15) is 5.10 Å². The van der Waals surface area contributed by atoms with Crippen LogP contribution in [-0.2, 0) is 20.9 Å². The summed E-state index contributed by atoms with van der Waals surface area (Å²) in [7, 11) is 1.42. The van der Waals surface area contributed by atoms with Gasteiger partial charge in [-0.05, 0) is 0 Å². The number of carbonyl (C=O) groups is 2. The van der Waals surface area contributed by atoms with Gasteiger partial charge < -0.3 is 15.2 Å². The molecule has 0 saturated heterocycles. The lowest BCUT2D eigenvalue weighted by atomic mass is 10.2. The third kappa shape index (κ3) is 4.65. The fraction of sp³-hybridized carbons (Fsp3) is 0.500. The number of nitrogens with zero attached hydrogens (tertiary/aromatic N) is 3. The van der Waals surface area contributed by atoms with Crippen molar-refractivity contribution in [2.45, 2.75) is 19.0 Å². The van der Waals surface area contributed by atoms with Crippen LogP contribution in [0.25, 0.3) is 0 Å². The second kappa shape index (κ2) is 7.19. The van der Waals surface area contributed by atoms with Crippen LogP contribution in [0.5, 0.6) is 0 Å². The molecule has 0 radical (unpaired) electrons.